The Bertz CT molecular complexity index is 316. The molecule has 4 heteroatoms. The van der Waals surface area contributed by atoms with Crippen molar-refractivity contribution >= 4 is 11.6 Å². The fourth-order valence-corrected chi connectivity index (χ4v) is 1.50. The average molecular weight is 251 g/mol. The molecule has 1 rings (SSSR count). The maximum absolute atomic E-state index is 12.3. The van der Waals surface area contributed by atoms with E-state index in [4.69, 9.17) is 11.6 Å². The van der Waals surface area contributed by atoms with Crippen molar-refractivity contribution in [3.05, 3.63) is 35.4 Å². The van der Waals surface area contributed by atoms with Gasteiger partial charge in [-0.05, 0) is 36.5 Å². The minimum Gasteiger partial charge on any atom is -0.166 e. The van der Waals surface area contributed by atoms with E-state index in [1.54, 1.807) is 0 Å². The van der Waals surface area contributed by atoms with Crippen LogP contribution in [0.3, 0.4) is 0 Å². The zero-order valence-corrected chi connectivity index (χ0v) is 9.78. The first-order valence-corrected chi connectivity index (χ1v) is 5.69. The van der Waals surface area contributed by atoms with Gasteiger partial charge in [-0.25, -0.2) is 0 Å². The number of hydrogen-bond donors (Lipinski definition) is 0. The van der Waals surface area contributed by atoms with E-state index >= 15 is 0 Å². The predicted molar refractivity (Wildman–Crippen MR) is 59.6 cm³/mol. The van der Waals surface area contributed by atoms with Crippen molar-refractivity contribution in [2.24, 2.45) is 5.92 Å². The zero-order chi connectivity index (χ0) is 12.2. The summed E-state index contributed by atoms with van der Waals surface area (Å²) in [6, 6.07) is 5.31. The Hall–Kier alpha value is -0.700. The minimum absolute atomic E-state index is 0.393. The molecule has 0 radical (unpaired) electrons. The molecule has 1 unspecified atom stereocenters. The van der Waals surface area contributed by atoms with Gasteiger partial charge >= 0.3 is 6.18 Å². The molecule has 1 aromatic rings. The van der Waals surface area contributed by atoms with Crippen molar-refractivity contribution < 1.29 is 13.2 Å². The van der Waals surface area contributed by atoms with Gasteiger partial charge in [0.15, 0.2) is 0 Å². The number of halogens is 4. The molecule has 1 aromatic carbocycles. The molecule has 16 heavy (non-hydrogen) atoms. The Balaban J connectivity index is 2.58. The second-order valence-electron chi connectivity index (χ2n) is 3.99. The molecule has 1 atom stereocenters. The van der Waals surface area contributed by atoms with Crippen LogP contribution in [0.4, 0.5) is 13.2 Å². The molecule has 0 aliphatic heterocycles. The molecule has 0 aliphatic carbocycles. The molecule has 0 N–H and O–H groups in total. The zero-order valence-electron chi connectivity index (χ0n) is 9.02. The summed E-state index contributed by atoms with van der Waals surface area (Å²) in [7, 11) is 0. The predicted octanol–water partition coefficient (Wildman–Crippen LogP) is 4.51. The first kappa shape index (κ1) is 13.4. The van der Waals surface area contributed by atoms with Crippen LogP contribution in [0, 0.1) is 5.92 Å². The summed E-state index contributed by atoms with van der Waals surface area (Å²) in [6.45, 7) is 2.02. The van der Waals surface area contributed by atoms with E-state index in [0.29, 0.717) is 11.8 Å². The fourth-order valence-electron chi connectivity index (χ4n) is 1.35. The molecule has 0 aliphatic rings. The van der Waals surface area contributed by atoms with Crippen molar-refractivity contribution in [1.29, 1.82) is 0 Å². The van der Waals surface area contributed by atoms with Gasteiger partial charge in [0.2, 0.25) is 0 Å². The van der Waals surface area contributed by atoms with Gasteiger partial charge in [0.1, 0.15) is 0 Å². The quantitative estimate of drug-likeness (QED) is 0.690. The second-order valence-corrected chi connectivity index (χ2v) is 4.30. The molecule has 0 saturated carbocycles. The third kappa shape index (κ3) is 4.05. The largest absolute Gasteiger partial charge is 0.416 e. The van der Waals surface area contributed by atoms with Crippen LogP contribution in [0.5, 0.6) is 0 Å². The molecule has 0 fully saturated rings. The van der Waals surface area contributed by atoms with Gasteiger partial charge in [-0.2, -0.15) is 13.2 Å². The normalized spacial score (nSPS) is 13.8. The van der Waals surface area contributed by atoms with Crippen LogP contribution in [0.1, 0.15) is 24.5 Å². The summed E-state index contributed by atoms with van der Waals surface area (Å²) in [4.78, 5) is 0. The number of aryl methyl sites for hydroxylation is 1. The Morgan fingerprint density at radius 1 is 1.19 bits per heavy atom. The SMILES string of the molecule is CC(CCl)CCc1ccc(C(F)(F)F)cc1. The topological polar surface area (TPSA) is 0 Å². The summed E-state index contributed by atoms with van der Waals surface area (Å²) in [5.74, 6) is 0.977. The number of rotatable bonds is 4. The smallest absolute Gasteiger partial charge is 0.166 e. The summed E-state index contributed by atoms with van der Waals surface area (Å²) in [5.41, 5.74) is 0.326. The molecule has 90 valence electrons. The number of benzene rings is 1. The Morgan fingerprint density at radius 2 is 1.75 bits per heavy atom. The lowest BCUT2D eigenvalue weighted by Crippen LogP contribution is -2.05. The Kier molecular flexibility index (Phi) is 4.66. The van der Waals surface area contributed by atoms with Gasteiger partial charge in [-0.1, -0.05) is 19.1 Å². The minimum atomic E-state index is -4.25. The van der Waals surface area contributed by atoms with E-state index in [9.17, 15) is 13.2 Å². The maximum Gasteiger partial charge on any atom is 0.416 e. The molecule has 0 heterocycles. The highest BCUT2D eigenvalue weighted by molar-refractivity contribution is 6.18. The van der Waals surface area contributed by atoms with Crippen molar-refractivity contribution in [3.8, 4) is 0 Å². The lowest BCUT2D eigenvalue weighted by Gasteiger charge is -2.09. The van der Waals surface area contributed by atoms with Crippen LogP contribution in [-0.2, 0) is 12.6 Å². The van der Waals surface area contributed by atoms with Gasteiger partial charge in [-0.15, -0.1) is 11.6 Å². The first-order valence-electron chi connectivity index (χ1n) is 5.15. The highest BCUT2D eigenvalue weighted by atomic mass is 35.5. The van der Waals surface area contributed by atoms with Crippen molar-refractivity contribution in [1.82, 2.24) is 0 Å². The van der Waals surface area contributed by atoms with Crippen molar-refractivity contribution in [3.63, 3.8) is 0 Å². The third-order valence-electron chi connectivity index (χ3n) is 2.47. The molecule has 0 aromatic heterocycles. The summed E-state index contributed by atoms with van der Waals surface area (Å²) >= 11 is 5.65. The van der Waals surface area contributed by atoms with Gasteiger partial charge < -0.3 is 0 Å². The van der Waals surface area contributed by atoms with Gasteiger partial charge in [0.25, 0.3) is 0 Å². The molecule has 0 nitrogen and oxygen atoms in total. The van der Waals surface area contributed by atoms with Gasteiger partial charge in [0.05, 0.1) is 5.56 Å². The molecule has 0 spiro atoms. The monoisotopic (exact) mass is 250 g/mol. The summed E-state index contributed by atoms with van der Waals surface area (Å²) in [6.07, 6.45) is -2.58. The standard InChI is InChI=1S/C12H14ClF3/c1-9(8-13)2-3-10-4-6-11(7-5-10)12(14,15)16/h4-7,9H,2-3,8H2,1H3. The van der Waals surface area contributed by atoms with E-state index in [2.05, 4.69) is 0 Å². The number of alkyl halides is 4. The van der Waals surface area contributed by atoms with Crippen LogP contribution >= 0.6 is 11.6 Å². The molecular weight excluding hydrogens is 237 g/mol. The lowest BCUT2D eigenvalue weighted by atomic mass is 10.0. The lowest BCUT2D eigenvalue weighted by molar-refractivity contribution is -0.137. The van der Waals surface area contributed by atoms with E-state index in [1.165, 1.54) is 12.1 Å². The fraction of sp³-hybridized carbons (Fsp3) is 0.500. The highest BCUT2D eigenvalue weighted by Gasteiger charge is 2.29. The molecule has 0 amide bonds. The molecule has 0 bridgehead atoms. The Labute approximate surface area is 98.4 Å². The second kappa shape index (κ2) is 5.58. The number of hydrogen-bond acceptors (Lipinski definition) is 0. The average Bonchev–Trinajstić information content (AvgIpc) is 2.25. The van der Waals surface area contributed by atoms with E-state index in [-0.39, 0.29) is 0 Å². The first-order chi connectivity index (χ1) is 7.43. The van der Waals surface area contributed by atoms with Crippen LogP contribution in [-0.4, -0.2) is 5.88 Å². The van der Waals surface area contributed by atoms with E-state index in [1.807, 2.05) is 6.92 Å². The molecule has 0 saturated heterocycles. The maximum atomic E-state index is 12.3. The van der Waals surface area contributed by atoms with Crippen LogP contribution in [0.25, 0.3) is 0 Å². The summed E-state index contributed by atoms with van der Waals surface area (Å²) in [5, 5.41) is 0. The van der Waals surface area contributed by atoms with E-state index < -0.39 is 11.7 Å². The third-order valence-corrected chi connectivity index (χ3v) is 3.00. The van der Waals surface area contributed by atoms with E-state index in [0.717, 1.165) is 30.5 Å². The van der Waals surface area contributed by atoms with Crippen LogP contribution < -0.4 is 0 Å². The van der Waals surface area contributed by atoms with Crippen molar-refractivity contribution in [2.75, 3.05) is 5.88 Å². The van der Waals surface area contributed by atoms with Gasteiger partial charge in [-0.3, -0.25) is 0 Å². The van der Waals surface area contributed by atoms with Crippen LogP contribution in [0.2, 0.25) is 0 Å². The van der Waals surface area contributed by atoms with Crippen LogP contribution in [0.15, 0.2) is 24.3 Å². The summed E-state index contributed by atoms with van der Waals surface area (Å²) < 4.78 is 36.8. The van der Waals surface area contributed by atoms with Crippen molar-refractivity contribution in [2.45, 2.75) is 25.9 Å². The molecular formula is C12H14ClF3. The Morgan fingerprint density at radius 3 is 2.19 bits per heavy atom. The highest BCUT2D eigenvalue weighted by Crippen LogP contribution is 2.29. The van der Waals surface area contributed by atoms with Gasteiger partial charge in [0, 0.05) is 5.88 Å².